The third kappa shape index (κ3) is 3.24. The first-order valence-electron chi connectivity index (χ1n) is 5.11. The number of hydrogen-bond acceptors (Lipinski definition) is 1. The smallest absolute Gasteiger partial charge is 0.251 e. The van der Waals surface area contributed by atoms with Crippen molar-refractivity contribution >= 4 is 17.5 Å². The zero-order chi connectivity index (χ0) is 11.4. The zero-order valence-corrected chi connectivity index (χ0v) is 10.1. The second-order valence-corrected chi connectivity index (χ2v) is 4.18. The van der Waals surface area contributed by atoms with E-state index in [4.69, 9.17) is 11.6 Å². The van der Waals surface area contributed by atoms with Crippen molar-refractivity contribution in [1.29, 1.82) is 0 Å². The molecule has 1 aromatic carbocycles. The van der Waals surface area contributed by atoms with Gasteiger partial charge in [0.2, 0.25) is 0 Å². The summed E-state index contributed by atoms with van der Waals surface area (Å²) in [4.78, 5) is 11.8. The molecule has 0 aliphatic heterocycles. The fourth-order valence-corrected chi connectivity index (χ4v) is 1.41. The van der Waals surface area contributed by atoms with Crippen molar-refractivity contribution in [3.05, 3.63) is 34.3 Å². The Morgan fingerprint density at radius 2 is 2.20 bits per heavy atom. The number of halogens is 1. The molecule has 0 aromatic heterocycles. The topological polar surface area (TPSA) is 29.1 Å². The molecule has 0 radical (unpaired) electrons. The van der Waals surface area contributed by atoms with Crippen LogP contribution < -0.4 is 5.32 Å². The molecule has 3 heteroatoms. The van der Waals surface area contributed by atoms with E-state index in [1.807, 2.05) is 26.8 Å². The number of hydrogen-bond donors (Lipinski definition) is 1. The second kappa shape index (κ2) is 5.17. The van der Waals surface area contributed by atoms with Gasteiger partial charge in [0.1, 0.15) is 0 Å². The summed E-state index contributed by atoms with van der Waals surface area (Å²) in [5.41, 5.74) is 1.60. The summed E-state index contributed by atoms with van der Waals surface area (Å²) in [7, 11) is 0. The Bertz CT molecular complexity index is 363. The first kappa shape index (κ1) is 12.1. The predicted molar refractivity (Wildman–Crippen MR) is 63.4 cm³/mol. The van der Waals surface area contributed by atoms with Crippen LogP contribution >= 0.6 is 11.6 Å². The van der Waals surface area contributed by atoms with Gasteiger partial charge in [0.05, 0.1) is 0 Å². The molecule has 0 saturated heterocycles. The summed E-state index contributed by atoms with van der Waals surface area (Å²) in [6, 6.07) is 5.54. The van der Waals surface area contributed by atoms with E-state index < -0.39 is 0 Å². The van der Waals surface area contributed by atoms with Crippen molar-refractivity contribution < 1.29 is 4.79 Å². The molecule has 0 aliphatic carbocycles. The fourth-order valence-electron chi connectivity index (χ4n) is 1.24. The van der Waals surface area contributed by atoms with E-state index in [2.05, 4.69) is 5.32 Å². The van der Waals surface area contributed by atoms with Gasteiger partial charge in [0.25, 0.3) is 5.91 Å². The lowest BCUT2D eigenvalue weighted by molar-refractivity contribution is 0.0938. The molecule has 0 fully saturated rings. The molecule has 1 atom stereocenters. The van der Waals surface area contributed by atoms with Gasteiger partial charge in [-0.05, 0) is 38.0 Å². The Labute approximate surface area is 95.6 Å². The summed E-state index contributed by atoms with van der Waals surface area (Å²) in [5.74, 6) is -0.0515. The van der Waals surface area contributed by atoms with Gasteiger partial charge in [-0.15, -0.1) is 0 Å². The number of carbonyl (C=O) groups is 1. The summed E-state index contributed by atoms with van der Waals surface area (Å²) in [6.07, 6.45) is 0.922. The van der Waals surface area contributed by atoms with Gasteiger partial charge in [-0.3, -0.25) is 4.79 Å². The third-order valence-electron chi connectivity index (χ3n) is 2.43. The van der Waals surface area contributed by atoms with Gasteiger partial charge < -0.3 is 5.32 Å². The Morgan fingerprint density at radius 1 is 1.53 bits per heavy atom. The van der Waals surface area contributed by atoms with E-state index in [9.17, 15) is 4.79 Å². The van der Waals surface area contributed by atoms with Crippen molar-refractivity contribution in [3.8, 4) is 0 Å². The van der Waals surface area contributed by atoms with Crippen LogP contribution in [0.5, 0.6) is 0 Å². The molecular formula is C12H16ClNO. The van der Waals surface area contributed by atoms with Gasteiger partial charge in [0.15, 0.2) is 0 Å². The molecule has 82 valence electrons. The van der Waals surface area contributed by atoms with E-state index >= 15 is 0 Å². The van der Waals surface area contributed by atoms with Crippen molar-refractivity contribution in [2.75, 3.05) is 0 Å². The summed E-state index contributed by atoms with van der Waals surface area (Å²) >= 11 is 5.85. The van der Waals surface area contributed by atoms with Gasteiger partial charge in [0, 0.05) is 16.6 Å². The Hall–Kier alpha value is -1.02. The van der Waals surface area contributed by atoms with Crippen LogP contribution in [0.4, 0.5) is 0 Å². The van der Waals surface area contributed by atoms with Crippen LogP contribution in [0, 0.1) is 6.92 Å². The lowest BCUT2D eigenvalue weighted by Gasteiger charge is -2.12. The highest BCUT2D eigenvalue weighted by Crippen LogP contribution is 2.15. The monoisotopic (exact) mass is 225 g/mol. The standard InChI is InChI=1S/C12H16ClNO/c1-4-9(3)14-12(15)11-7-10(13)6-5-8(11)2/h5-7,9H,4H2,1-3H3,(H,14,15). The summed E-state index contributed by atoms with van der Waals surface area (Å²) in [6.45, 7) is 5.93. The number of nitrogens with one attached hydrogen (secondary N) is 1. The fraction of sp³-hybridized carbons (Fsp3) is 0.417. The minimum Gasteiger partial charge on any atom is -0.350 e. The number of rotatable bonds is 3. The highest BCUT2D eigenvalue weighted by Gasteiger charge is 2.11. The first-order chi connectivity index (χ1) is 7.04. The molecule has 0 bridgehead atoms. The predicted octanol–water partition coefficient (Wildman–Crippen LogP) is 3.18. The number of carbonyl (C=O) groups excluding carboxylic acids is 1. The highest BCUT2D eigenvalue weighted by molar-refractivity contribution is 6.31. The second-order valence-electron chi connectivity index (χ2n) is 3.74. The van der Waals surface area contributed by atoms with Crippen LogP contribution in [-0.2, 0) is 0 Å². The van der Waals surface area contributed by atoms with E-state index in [0.29, 0.717) is 10.6 Å². The summed E-state index contributed by atoms with van der Waals surface area (Å²) < 4.78 is 0. The van der Waals surface area contributed by atoms with Crippen LogP contribution in [0.1, 0.15) is 36.2 Å². The number of amides is 1. The van der Waals surface area contributed by atoms with Crippen LogP contribution in [0.2, 0.25) is 5.02 Å². The quantitative estimate of drug-likeness (QED) is 0.841. The van der Waals surface area contributed by atoms with E-state index in [1.165, 1.54) is 0 Å². The molecule has 1 unspecified atom stereocenters. The maximum atomic E-state index is 11.8. The zero-order valence-electron chi connectivity index (χ0n) is 9.30. The molecule has 2 nitrogen and oxygen atoms in total. The Morgan fingerprint density at radius 3 is 2.80 bits per heavy atom. The van der Waals surface area contributed by atoms with Gasteiger partial charge in [-0.2, -0.15) is 0 Å². The molecule has 0 aliphatic rings. The molecule has 0 heterocycles. The van der Waals surface area contributed by atoms with Crippen molar-refractivity contribution in [2.45, 2.75) is 33.2 Å². The van der Waals surface area contributed by atoms with Crippen LogP contribution in [0.3, 0.4) is 0 Å². The van der Waals surface area contributed by atoms with Crippen molar-refractivity contribution in [1.82, 2.24) is 5.32 Å². The number of aryl methyl sites for hydroxylation is 1. The molecule has 1 amide bonds. The van der Waals surface area contributed by atoms with Crippen LogP contribution in [0.25, 0.3) is 0 Å². The molecule has 0 saturated carbocycles. The van der Waals surface area contributed by atoms with Gasteiger partial charge >= 0.3 is 0 Å². The summed E-state index contributed by atoms with van der Waals surface area (Å²) in [5, 5.41) is 3.51. The van der Waals surface area contributed by atoms with Crippen molar-refractivity contribution in [2.24, 2.45) is 0 Å². The molecule has 1 N–H and O–H groups in total. The lowest BCUT2D eigenvalue weighted by Crippen LogP contribution is -2.32. The lowest BCUT2D eigenvalue weighted by atomic mass is 10.1. The maximum Gasteiger partial charge on any atom is 0.251 e. The van der Waals surface area contributed by atoms with Crippen LogP contribution in [0.15, 0.2) is 18.2 Å². The normalized spacial score (nSPS) is 12.3. The molecule has 15 heavy (non-hydrogen) atoms. The molecule has 1 aromatic rings. The van der Waals surface area contributed by atoms with Gasteiger partial charge in [-0.1, -0.05) is 24.6 Å². The highest BCUT2D eigenvalue weighted by atomic mass is 35.5. The first-order valence-corrected chi connectivity index (χ1v) is 5.49. The van der Waals surface area contributed by atoms with E-state index in [0.717, 1.165) is 12.0 Å². The third-order valence-corrected chi connectivity index (χ3v) is 2.67. The minimum atomic E-state index is -0.0515. The number of benzene rings is 1. The van der Waals surface area contributed by atoms with E-state index in [-0.39, 0.29) is 11.9 Å². The Balaban J connectivity index is 2.86. The Kier molecular flexibility index (Phi) is 4.15. The molecule has 0 spiro atoms. The minimum absolute atomic E-state index is 0.0515. The van der Waals surface area contributed by atoms with Gasteiger partial charge in [-0.25, -0.2) is 0 Å². The molecule has 1 rings (SSSR count). The van der Waals surface area contributed by atoms with Crippen LogP contribution in [-0.4, -0.2) is 11.9 Å². The largest absolute Gasteiger partial charge is 0.350 e. The van der Waals surface area contributed by atoms with Crippen molar-refractivity contribution in [3.63, 3.8) is 0 Å². The SMILES string of the molecule is CCC(C)NC(=O)c1cc(Cl)ccc1C. The molecular weight excluding hydrogens is 210 g/mol. The maximum absolute atomic E-state index is 11.8. The average Bonchev–Trinajstić information content (AvgIpc) is 2.21. The van der Waals surface area contributed by atoms with E-state index in [1.54, 1.807) is 12.1 Å². The average molecular weight is 226 g/mol.